The summed E-state index contributed by atoms with van der Waals surface area (Å²) in [7, 11) is 1.66. The highest BCUT2D eigenvalue weighted by Crippen LogP contribution is 2.33. The minimum Gasteiger partial charge on any atom is -0.355 e. The maximum Gasteiger partial charge on any atom is 0.267 e. The van der Waals surface area contributed by atoms with E-state index < -0.39 is 0 Å². The van der Waals surface area contributed by atoms with Crippen LogP contribution in [0.15, 0.2) is 28.0 Å². The van der Waals surface area contributed by atoms with Gasteiger partial charge in [0.15, 0.2) is 0 Å². The second-order valence-corrected chi connectivity index (χ2v) is 9.86. The number of rotatable bonds is 2. The molecule has 2 aliphatic heterocycles. The van der Waals surface area contributed by atoms with E-state index in [0.717, 1.165) is 25.1 Å². The number of likely N-dealkylation sites (N-methyl/N-ethyl adjacent to an activating group) is 1. The Morgan fingerprint density at radius 3 is 2.52 bits per heavy atom. The van der Waals surface area contributed by atoms with Crippen LogP contribution in [0, 0.1) is 18.8 Å². The molecular formula is C21H24N4O2S2. The number of aryl methyl sites for hydroxylation is 1. The highest BCUT2D eigenvalue weighted by atomic mass is 32.2. The van der Waals surface area contributed by atoms with Crippen LogP contribution in [-0.4, -0.2) is 44.6 Å². The molecule has 0 aromatic carbocycles. The Morgan fingerprint density at radius 2 is 1.90 bits per heavy atom. The number of piperidine rings is 1. The first-order valence-corrected chi connectivity index (χ1v) is 11.0. The Bertz CT molecular complexity index is 1100. The van der Waals surface area contributed by atoms with E-state index in [1.54, 1.807) is 23.7 Å². The van der Waals surface area contributed by atoms with Crippen molar-refractivity contribution in [1.82, 2.24) is 14.3 Å². The molecule has 0 bridgehead atoms. The molecule has 0 aliphatic carbocycles. The van der Waals surface area contributed by atoms with E-state index in [1.165, 1.54) is 16.7 Å². The smallest absolute Gasteiger partial charge is 0.267 e. The molecule has 152 valence electrons. The lowest BCUT2D eigenvalue weighted by atomic mass is 9.91. The molecule has 0 N–H and O–H groups in total. The first-order chi connectivity index (χ1) is 13.7. The monoisotopic (exact) mass is 428 g/mol. The van der Waals surface area contributed by atoms with Gasteiger partial charge >= 0.3 is 0 Å². The van der Waals surface area contributed by atoms with Gasteiger partial charge in [0.25, 0.3) is 11.5 Å². The van der Waals surface area contributed by atoms with Crippen LogP contribution in [0.5, 0.6) is 0 Å². The van der Waals surface area contributed by atoms with Crippen molar-refractivity contribution in [3.05, 3.63) is 44.7 Å². The highest BCUT2D eigenvalue weighted by molar-refractivity contribution is 8.26. The van der Waals surface area contributed by atoms with Crippen LogP contribution in [-0.2, 0) is 4.79 Å². The Kier molecular flexibility index (Phi) is 5.25. The zero-order valence-corrected chi connectivity index (χ0v) is 18.6. The number of anilines is 1. The number of hydrogen-bond donors (Lipinski definition) is 0. The zero-order valence-electron chi connectivity index (χ0n) is 17.0. The largest absolute Gasteiger partial charge is 0.355 e. The second kappa shape index (κ2) is 7.57. The zero-order chi connectivity index (χ0) is 20.9. The van der Waals surface area contributed by atoms with Crippen molar-refractivity contribution in [2.45, 2.75) is 27.2 Å². The second-order valence-electron chi connectivity index (χ2n) is 8.18. The summed E-state index contributed by atoms with van der Waals surface area (Å²) in [6.07, 6.45) is 4.62. The van der Waals surface area contributed by atoms with Gasteiger partial charge in [-0.1, -0.05) is 43.9 Å². The van der Waals surface area contributed by atoms with Crippen LogP contribution in [0.3, 0.4) is 0 Å². The molecule has 0 radical (unpaired) electrons. The predicted octanol–water partition coefficient (Wildman–Crippen LogP) is 3.32. The number of carbonyl (C=O) groups excluding carboxylic acids is 1. The molecule has 2 aliphatic rings. The van der Waals surface area contributed by atoms with Crippen LogP contribution in [0.1, 0.15) is 31.4 Å². The summed E-state index contributed by atoms with van der Waals surface area (Å²) in [5.74, 6) is 1.50. The van der Waals surface area contributed by atoms with Crippen molar-refractivity contribution < 1.29 is 4.79 Å². The fourth-order valence-corrected chi connectivity index (χ4v) is 5.29. The summed E-state index contributed by atoms with van der Waals surface area (Å²) in [6.45, 7) is 8.07. The number of hydrogen-bond acceptors (Lipinski definition) is 6. The SMILES string of the molecule is Cc1ccc2nc(N3C[C@H](C)C[C@@H](C)C3)c(/C=C3/SC(=S)N(C)C3=O)c(=O)n2c1. The molecule has 0 unspecified atom stereocenters. The quantitative estimate of drug-likeness (QED) is 0.540. The van der Waals surface area contributed by atoms with Gasteiger partial charge in [-0.05, 0) is 42.9 Å². The molecule has 4 rings (SSSR count). The minimum atomic E-state index is -0.180. The molecule has 4 heterocycles. The molecule has 0 spiro atoms. The minimum absolute atomic E-state index is 0.166. The fraction of sp³-hybridized carbons (Fsp3) is 0.429. The van der Waals surface area contributed by atoms with Gasteiger partial charge in [-0.15, -0.1) is 0 Å². The van der Waals surface area contributed by atoms with E-state index >= 15 is 0 Å². The van der Waals surface area contributed by atoms with Crippen LogP contribution >= 0.6 is 24.0 Å². The van der Waals surface area contributed by atoms with E-state index in [9.17, 15) is 9.59 Å². The summed E-state index contributed by atoms with van der Waals surface area (Å²) < 4.78 is 2.06. The van der Waals surface area contributed by atoms with Gasteiger partial charge in [-0.3, -0.25) is 18.9 Å². The summed E-state index contributed by atoms with van der Waals surface area (Å²) in [5, 5.41) is 0. The number of pyridine rings is 1. The number of nitrogens with zero attached hydrogens (tertiary/aromatic N) is 4. The Morgan fingerprint density at radius 1 is 1.21 bits per heavy atom. The molecule has 0 saturated carbocycles. The Labute approximate surface area is 179 Å². The fourth-order valence-electron chi connectivity index (χ4n) is 4.13. The first kappa shape index (κ1) is 20.1. The van der Waals surface area contributed by atoms with Gasteiger partial charge < -0.3 is 4.90 Å². The van der Waals surface area contributed by atoms with E-state index in [-0.39, 0.29) is 11.5 Å². The van der Waals surface area contributed by atoms with E-state index in [4.69, 9.17) is 17.2 Å². The van der Waals surface area contributed by atoms with Crippen molar-refractivity contribution in [2.75, 3.05) is 25.0 Å². The standard InChI is InChI=1S/C21H24N4O2S2/c1-12-5-6-17-22-18(24-9-13(2)7-14(3)10-24)15(19(26)25(17)11-12)8-16-20(27)23(4)21(28)29-16/h5-6,8,11,13-14H,7,9-10H2,1-4H3/b16-8+/t13-,14-/m1/s1. The molecule has 2 saturated heterocycles. The first-order valence-electron chi connectivity index (χ1n) is 9.74. The maximum atomic E-state index is 13.4. The van der Waals surface area contributed by atoms with Crippen LogP contribution in [0.4, 0.5) is 5.82 Å². The normalized spacial score (nSPS) is 24.2. The number of thiocarbonyl (C=S) groups is 1. The van der Waals surface area contributed by atoms with E-state index in [2.05, 4.69) is 18.7 Å². The third kappa shape index (κ3) is 3.71. The van der Waals surface area contributed by atoms with Crippen molar-refractivity contribution in [1.29, 1.82) is 0 Å². The van der Waals surface area contributed by atoms with Crippen LogP contribution in [0.2, 0.25) is 0 Å². The lowest BCUT2D eigenvalue weighted by Crippen LogP contribution is -2.40. The number of amides is 1. The molecule has 29 heavy (non-hydrogen) atoms. The van der Waals surface area contributed by atoms with Gasteiger partial charge in [-0.25, -0.2) is 4.98 Å². The summed E-state index contributed by atoms with van der Waals surface area (Å²) >= 11 is 6.47. The highest BCUT2D eigenvalue weighted by Gasteiger charge is 2.31. The number of carbonyl (C=O) groups is 1. The van der Waals surface area contributed by atoms with Crippen molar-refractivity contribution in [2.24, 2.45) is 11.8 Å². The number of fused-ring (bicyclic) bond motifs is 1. The van der Waals surface area contributed by atoms with Gasteiger partial charge in [0.1, 0.15) is 15.8 Å². The average Bonchev–Trinajstić information content (AvgIpc) is 2.90. The van der Waals surface area contributed by atoms with Crippen molar-refractivity contribution >= 4 is 51.7 Å². The van der Waals surface area contributed by atoms with E-state index in [1.807, 2.05) is 19.1 Å². The number of thioether (sulfide) groups is 1. The van der Waals surface area contributed by atoms with Crippen LogP contribution in [0.25, 0.3) is 11.7 Å². The molecular weight excluding hydrogens is 404 g/mol. The number of aromatic nitrogens is 2. The summed E-state index contributed by atoms with van der Waals surface area (Å²) in [6, 6.07) is 3.82. The Hall–Kier alpha value is -2.19. The molecule has 2 atom stereocenters. The topological polar surface area (TPSA) is 57.9 Å². The van der Waals surface area contributed by atoms with Crippen LogP contribution < -0.4 is 10.5 Å². The molecule has 6 nitrogen and oxygen atoms in total. The van der Waals surface area contributed by atoms with Crippen molar-refractivity contribution in [3.8, 4) is 0 Å². The van der Waals surface area contributed by atoms with E-state index in [0.29, 0.717) is 38.1 Å². The molecule has 8 heteroatoms. The predicted molar refractivity (Wildman–Crippen MR) is 122 cm³/mol. The van der Waals surface area contributed by atoms with Crippen molar-refractivity contribution in [3.63, 3.8) is 0 Å². The molecule has 1 amide bonds. The van der Waals surface area contributed by atoms with Gasteiger partial charge in [-0.2, -0.15) is 0 Å². The van der Waals surface area contributed by atoms with Gasteiger partial charge in [0.2, 0.25) is 0 Å². The third-order valence-electron chi connectivity index (χ3n) is 5.42. The average molecular weight is 429 g/mol. The molecule has 2 fully saturated rings. The van der Waals surface area contributed by atoms with Gasteiger partial charge in [0, 0.05) is 26.3 Å². The molecule has 2 aromatic heterocycles. The Balaban J connectivity index is 1.93. The molecule has 2 aromatic rings. The lowest BCUT2D eigenvalue weighted by molar-refractivity contribution is -0.121. The van der Waals surface area contributed by atoms with Gasteiger partial charge in [0.05, 0.1) is 10.5 Å². The summed E-state index contributed by atoms with van der Waals surface area (Å²) in [4.78, 5) is 34.9. The maximum absolute atomic E-state index is 13.4. The lowest BCUT2D eigenvalue weighted by Gasteiger charge is -2.36. The summed E-state index contributed by atoms with van der Waals surface area (Å²) in [5.41, 5.74) is 1.87. The third-order valence-corrected chi connectivity index (χ3v) is 6.90.